The van der Waals surface area contributed by atoms with Gasteiger partial charge in [-0.3, -0.25) is 4.90 Å². The standard InChI is InChI=1S/C18H19ClF2N2O2S/c1-13(14-2-4-15(20)5-3-14)22-8-10-23(11-9-22)26(24,25)16-6-7-18(21)17(19)12-16/h2-7,12-13H,8-11H2,1H3/t13-/m1/s1. The van der Waals surface area contributed by atoms with Crippen LogP contribution in [0.1, 0.15) is 18.5 Å². The monoisotopic (exact) mass is 400 g/mol. The minimum absolute atomic E-state index is 0.0102. The second-order valence-electron chi connectivity index (χ2n) is 6.24. The Hall–Kier alpha value is -1.54. The summed E-state index contributed by atoms with van der Waals surface area (Å²) >= 11 is 5.71. The van der Waals surface area contributed by atoms with Gasteiger partial charge in [0, 0.05) is 32.2 Å². The van der Waals surface area contributed by atoms with Gasteiger partial charge in [0.05, 0.1) is 9.92 Å². The highest BCUT2D eigenvalue weighted by atomic mass is 35.5. The summed E-state index contributed by atoms with van der Waals surface area (Å²) in [5.41, 5.74) is 0.980. The van der Waals surface area contributed by atoms with Gasteiger partial charge in [-0.1, -0.05) is 23.7 Å². The van der Waals surface area contributed by atoms with Crippen molar-refractivity contribution in [2.75, 3.05) is 26.2 Å². The van der Waals surface area contributed by atoms with E-state index in [-0.39, 0.29) is 21.8 Å². The van der Waals surface area contributed by atoms with Crippen molar-refractivity contribution in [3.05, 3.63) is 64.7 Å². The van der Waals surface area contributed by atoms with Crippen LogP contribution in [-0.4, -0.2) is 43.8 Å². The van der Waals surface area contributed by atoms with Gasteiger partial charge in [0.2, 0.25) is 10.0 Å². The third-order valence-electron chi connectivity index (χ3n) is 4.70. The normalized spacial score (nSPS) is 18.0. The topological polar surface area (TPSA) is 40.6 Å². The Morgan fingerprint density at radius 2 is 1.62 bits per heavy atom. The molecule has 26 heavy (non-hydrogen) atoms. The average molecular weight is 401 g/mol. The van der Waals surface area contributed by atoms with E-state index in [4.69, 9.17) is 11.6 Å². The first-order chi connectivity index (χ1) is 12.3. The van der Waals surface area contributed by atoms with Crippen molar-refractivity contribution < 1.29 is 17.2 Å². The van der Waals surface area contributed by atoms with Gasteiger partial charge >= 0.3 is 0 Å². The molecule has 0 amide bonds. The molecule has 1 heterocycles. The van der Waals surface area contributed by atoms with Crippen molar-refractivity contribution in [3.63, 3.8) is 0 Å². The predicted octanol–water partition coefficient (Wildman–Crippen LogP) is 3.69. The number of benzene rings is 2. The van der Waals surface area contributed by atoms with Crippen LogP contribution < -0.4 is 0 Å². The van der Waals surface area contributed by atoms with Crippen LogP contribution in [0.3, 0.4) is 0 Å². The van der Waals surface area contributed by atoms with Gasteiger partial charge in [-0.15, -0.1) is 0 Å². The molecule has 0 spiro atoms. The highest BCUT2D eigenvalue weighted by molar-refractivity contribution is 7.89. The molecular weight excluding hydrogens is 382 g/mol. The van der Waals surface area contributed by atoms with E-state index in [9.17, 15) is 17.2 Å². The molecule has 2 aromatic carbocycles. The molecule has 0 saturated carbocycles. The molecule has 0 aromatic heterocycles. The van der Waals surface area contributed by atoms with E-state index in [0.717, 1.165) is 17.7 Å². The lowest BCUT2D eigenvalue weighted by molar-refractivity contribution is 0.146. The zero-order valence-electron chi connectivity index (χ0n) is 14.2. The number of piperazine rings is 1. The maximum absolute atomic E-state index is 13.3. The SMILES string of the molecule is C[C@H](c1ccc(F)cc1)N1CCN(S(=O)(=O)c2ccc(F)c(Cl)c2)CC1. The number of halogens is 3. The predicted molar refractivity (Wildman–Crippen MR) is 96.6 cm³/mol. The van der Waals surface area contributed by atoms with Gasteiger partial charge in [0.15, 0.2) is 0 Å². The molecule has 1 saturated heterocycles. The van der Waals surface area contributed by atoms with E-state index < -0.39 is 15.8 Å². The van der Waals surface area contributed by atoms with Crippen molar-refractivity contribution in [1.82, 2.24) is 9.21 Å². The van der Waals surface area contributed by atoms with Crippen LogP contribution in [0.4, 0.5) is 8.78 Å². The maximum Gasteiger partial charge on any atom is 0.243 e. The van der Waals surface area contributed by atoms with Gasteiger partial charge in [-0.05, 0) is 42.8 Å². The Morgan fingerprint density at radius 3 is 2.19 bits per heavy atom. The van der Waals surface area contributed by atoms with Crippen LogP contribution in [0, 0.1) is 11.6 Å². The Kier molecular flexibility index (Phi) is 5.62. The van der Waals surface area contributed by atoms with E-state index in [1.165, 1.54) is 22.5 Å². The van der Waals surface area contributed by atoms with E-state index in [2.05, 4.69) is 4.90 Å². The fourth-order valence-corrected chi connectivity index (χ4v) is 4.76. The van der Waals surface area contributed by atoms with Crippen molar-refractivity contribution in [2.24, 2.45) is 0 Å². The first-order valence-corrected chi connectivity index (χ1v) is 10.1. The molecule has 0 aliphatic carbocycles. The largest absolute Gasteiger partial charge is 0.294 e. The lowest BCUT2D eigenvalue weighted by atomic mass is 10.1. The molecule has 0 N–H and O–H groups in total. The first kappa shape index (κ1) is 19.2. The zero-order chi connectivity index (χ0) is 18.9. The van der Waals surface area contributed by atoms with Crippen molar-refractivity contribution >= 4 is 21.6 Å². The Bertz CT molecular complexity index is 883. The summed E-state index contributed by atoms with van der Waals surface area (Å²) in [5, 5.41) is -0.213. The molecule has 0 radical (unpaired) electrons. The second-order valence-corrected chi connectivity index (χ2v) is 8.59. The lowest BCUT2D eigenvalue weighted by Gasteiger charge is -2.37. The Morgan fingerprint density at radius 1 is 1.00 bits per heavy atom. The minimum Gasteiger partial charge on any atom is -0.294 e. The highest BCUT2D eigenvalue weighted by Gasteiger charge is 2.30. The van der Waals surface area contributed by atoms with E-state index in [1.54, 1.807) is 12.1 Å². The molecular formula is C18H19ClF2N2O2S. The smallest absolute Gasteiger partial charge is 0.243 e. The molecule has 4 nitrogen and oxygen atoms in total. The van der Waals surface area contributed by atoms with Gasteiger partial charge < -0.3 is 0 Å². The number of sulfonamides is 1. The lowest BCUT2D eigenvalue weighted by Crippen LogP contribution is -2.49. The first-order valence-electron chi connectivity index (χ1n) is 8.24. The summed E-state index contributed by atoms with van der Waals surface area (Å²) in [7, 11) is -3.71. The van der Waals surface area contributed by atoms with Crippen molar-refractivity contribution in [2.45, 2.75) is 17.9 Å². The molecule has 8 heteroatoms. The number of rotatable bonds is 4. The number of hydrogen-bond acceptors (Lipinski definition) is 3. The maximum atomic E-state index is 13.3. The molecule has 140 valence electrons. The fraction of sp³-hybridized carbons (Fsp3) is 0.333. The molecule has 3 rings (SSSR count). The summed E-state index contributed by atoms with van der Waals surface area (Å²) in [6, 6.07) is 9.80. The van der Waals surface area contributed by atoms with E-state index in [0.29, 0.717) is 26.2 Å². The van der Waals surface area contributed by atoms with Crippen LogP contribution in [0.2, 0.25) is 5.02 Å². The number of nitrogens with zero attached hydrogens (tertiary/aromatic N) is 2. The van der Waals surface area contributed by atoms with Crippen LogP contribution in [-0.2, 0) is 10.0 Å². The van der Waals surface area contributed by atoms with Gasteiger partial charge in [0.25, 0.3) is 0 Å². The van der Waals surface area contributed by atoms with Crippen molar-refractivity contribution in [3.8, 4) is 0 Å². The Labute approximate surface area is 157 Å². The molecule has 1 aliphatic rings. The molecule has 0 bridgehead atoms. The molecule has 0 unspecified atom stereocenters. The third-order valence-corrected chi connectivity index (χ3v) is 6.89. The minimum atomic E-state index is -3.71. The summed E-state index contributed by atoms with van der Waals surface area (Å²) in [5.74, 6) is -0.932. The van der Waals surface area contributed by atoms with Crippen LogP contribution in [0.15, 0.2) is 47.4 Å². The fourth-order valence-electron chi connectivity index (χ4n) is 3.07. The molecule has 2 aromatic rings. The number of hydrogen-bond donors (Lipinski definition) is 0. The van der Waals surface area contributed by atoms with Gasteiger partial charge in [-0.25, -0.2) is 17.2 Å². The van der Waals surface area contributed by atoms with Crippen LogP contribution >= 0.6 is 11.6 Å². The van der Waals surface area contributed by atoms with Gasteiger partial charge in [0.1, 0.15) is 11.6 Å². The Balaban J connectivity index is 1.69. The molecule has 1 aliphatic heterocycles. The summed E-state index contributed by atoms with van der Waals surface area (Å²) < 4.78 is 53.2. The quantitative estimate of drug-likeness (QED) is 0.786. The summed E-state index contributed by atoms with van der Waals surface area (Å²) in [6.07, 6.45) is 0. The second kappa shape index (κ2) is 7.60. The zero-order valence-corrected chi connectivity index (χ0v) is 15.8. The summed E-state index contributed by atoms with van der Waals surface area (Å²) in [4.78, 5) is 2.14. The van der Waals surface area contributed by atoms with Crippen LogP contribution in [0.25, 0.3) is 0 Å². The highest BCUT2D eigenvalue weighted by Crippen LogP contribution is 2.26. The van der Waals surface area contributed by atoms with Crippen molar-refractivity contribution in [1.29, 1.82) is 0 Å². The average Bonchev–Trinajstić information content (AvgIpc) is 2.64. The van der Waals surface area contributed by atoms with E-state index >= 15 is 0 Å². The molecule has 1 atom stereocenters. The van der Waals surface area contributed by atoms with Gasteiger partial charge in [-0.2, -0.15) is 4.31 Å². The molecule has 1 fully saturated rings. The van der Waals surface area contributed by atoms with E-state index in [1.807, 2.05) is 6.92 Å². The third kappa shape index (κ3) is 3.91. The summed E-state index contributed by atoms with van der Waals surface area (Å²) in [6.45, 7) is 3.75. The van der Waals surface area contributed by atoms with Crippen LogP contribution in [0.5, 0.6) is 0 Å².